The Labute approximate surface area is 107 Å². The Bertz CT molecular complexity index is 322. The number of rotatable bonds is 5. The van der Waals surface area contributed by atoms with Gasteiger partial charge in [-0.15, -0.1) is 0 Å². The van der Waals surface area contributed by atoms with Crippen LogP contribution in [0.3, 0.4) is 0 Å². The molecule has 0 spiro atoms. The second-order valence-electron chi connectivity index (χ2n) is 4.55. The van der Waals surface area contributed by atoms with E-state index in [1.54, 1.807) is 0 Å². The molecule has 0 amide bonds. The van der Waals surface area contributed by atoms with Crippen LogP contribution in [-0.2, 0) is 0 Å². The maximum atomic E-state index is 5.84. The summed E-state index contributed by atoms with van der Waals surface area (Å²) in [5.74, 6) is 1.60. The van der Waals surface area contributed by atoms with E-state index in [2.05, 4.69) is 62.2 Å². The molecule has 0 unspecified atom stereocenters. The van der Waals surface area contributed by atoms with E-state index in [9.17, 15) is 0 Å². The van der Waals surface area contributed by atoms with Crippen LogP contribution in [0.1, 0.15) is 30.5 Å². The quantitative estimate of drug-likeness (QED) is 0.733. The highest BCUT2D eigenvalue weighted by Crippen LogP contribution is 2.26. The third kappa shape index (κ3) is 3.82. The molecule has 1 aromatic rings. The first-order chi connectivity index (χ1) is 7.54. The van der Waals surface area contributed by atoms with Crippen molar-refractivity contribution < 1.29 is 4.74 Å². The lowest BCUT2D eigenvalue weighted by Gasteiger charge is -2.15. The number of ether oxygens (including phenoxy) is 1. The molecule has 1 nitrogen and oxygen atoms in total. The summed E-state index contributed by atoms with van der Waals surface area (Å²) >= 11 is 3.42. The lowest BCUT2D eigenvalue weighted by molar-refractivity contribution is 0.268. The van der Waals surface area contributed by atoms with Crippen molar-refractivity contribution in [3.63, 3.8) is 0 Å². The first-order valence-electron chi connectivity index (χ1n) is 5.67. The fourth-order valence-electron chi connectivity index (χ4n) is 1.67. The molecule has 16 heavy (non-hydrogen) atoms. The van der Waals surface area contributed by atoms with Crippen LogP contribution in [0.2, 0.25) is 0 Å². The minimum Gasteiger partial charge on any atom is -0.493 e. The van der Waals surface area contributed by atoms with Gasteiger partial charge in [0, 0.05) is 11.8 Å². The molecule has 0 saturated heterocycles. The van der Waals surface area contributed by atoms with Crippen molar-refractivity contribution in [2.24, 2.45) is 5.92 Å². The topological polar surface area (TPSA) is 9.23 Å². The van der Waals surface area contributed by atoms with Gasteiger partial charge in [0.25, 0.3) is 0 Å². The first kappa shape index (κ1) is 13.6. The molecule has 1 rings (SSSR count). The van der Waals surface area contributed by atoms with Crippen molar-refractivity contribution in [2.75, 3.05) is 11.9 Å². The Kier molecular flexibility index (Phi) is 5.33. The van der Waals surface area contributed by atoms with E-state index in [1.807, 2.05) is 0 Å². The lowest BCUT2D eigenvalue weighted by atomic mass is 10.0. The molecule has 0 aromatic heterocycles. The van der Waals surface area contributed by atoms with Crippen molar-refractivity contribution in [1.82, 2.24) is 0 Å². The zero-order valence-corrected chi connectivity index (χ0v) is 12.1. The Morgan fingerprint density at radius 3 is 2.25 bits per heavy atom. The molecule has 0 aliphatic heterocycles. The molecule has 0 fully saturated rings. The molecule has 0 N–H and O–H groups in total. The minimum absolute atomic E-state index is 0.563. The van der Waals surface area contributed by atoms with E-state index >= 15 is 0 Å². The van der Waals surface area contributed by atoms with Gasteiger partial charge in [-0.2, -0.15) is 0 Å². The maximum Gasteiger partial charge on any atom is 0.125 e. The highest BCUT2D eigenvalue weighted by Gasteiger charge is 2.07. The molecule has 0 atom stereocenters. The van der Waals surface area contributed by atoms with Gasteiger partial charge in [0.05, 0.1) is 6.61 Å². The molecule has 89 valence electrons. The number of hydrogen-bond acceptors (Lipinski definition) is 1. The molecule has 0 aliphatic carbocycles. The van der Waals surface area contributed by atoms with Crippen LogP contribution >= 0.6 is 15.9 Å². The van der Waals surface area contributed by atoms with Gasteiger partial charge in [-0.25, -0.2) is 0 Å². The Morgan fingerprint density at radius 1 is 1.25 bits per heavy atom. The van der Waals surface area contributed by atoms with Crippen LogP contribution in [-0.4, -0.2) is 11.9 Å². The van der Waals surface area contributed by atoms with Crippen LogP contribution in [0.15, 0.2) is 12.1 Å². The first-order valence-corrected chi connectivity index (χ1v) is 6.80. The van der Waals surface area contributed by atoms with Gasteiger partial charge in [-0.1, -0.05) is 41.9 Å². The second kappa shape index (κ2) is 6.29. The Hall–Kier alpha value is -0.500. The molecular weight excluding hydrogens is 264 g/mol. The van der Waals surface area contributed by atoms with Crippen molar-refractivity contribution >= 4 is 15.9 Å². The fourth-order valence-corrected chi connectivity index (χ4v) is 2.04. The van der Waals surface area contributed by atoms with E-state index in [-0.39, 0.29) is 0 Å². The molecular formula is C14H20BrO. The van der Waals surface area contributed by atoms with Gasteiger partial charge in [-0.05, 0) is 36.5 Å². The number of aryl methyl sites for hydroxylation is 2. The van der Waals surface area contributed by atoms with E-state index in [4.69, 9.17) is 4.74 Å². The number of halogens is 1. The Balaban J connectivity index is 2.85. The van der Waals surface area contributed by atoms with Crippen molar-refractivity contribution in [1.29, 1.82) is 0 Å². The largest absolute Gasteiger partial charge is 0.493 e. The molecule has 0 heterocycles. The average molecular weight is 284 g/mol. The second-order valence-corrected chi connectivity index (χ2v) is 5.19. The maximum absolute atomic E-state index is 5.84. The smallest absolute Gasteiger partial charge is 0.125 e. The van der Waals surface area contributed by atoms with Crippen molar-refractivity contribution in [3.8, 4) is 5.75 Å². The lowest BCUT2D eigenvalue weighted by Crippen LogP contribution is -2.07. The van der Waals surface area contributed by atoms with Crippen molar-refractivity contribution in [3.05, 3.63) is 35.2 Å². The molecule has 2 heteroatoms. The molecule has 0 saturated carbocycles. The average Bonchev–Trinajstić information content (AvgIpc) is 2.16. The standard InChI is InChI=1S/C14H20BrO/c1-10(2)9-16-14-11(3)7-13(5-6-15)8-12(14)4/h5,7-8,10H,6,9H2,1-4H3. The third-order valence-electron chi connectivity index (χ3n) is 2.36. The predicted molar refractivity (Wildman–Crippen MR) is 73.4 cm³/mol. The zero-order chi connectivity index (χ0) is 12.1. The van der Waals surface area contributed by atoms with Gasteiger partial charge in [0.15, 0.2) is 0 Å². The Morgan fingerprint density at radius 2 is 1.81 bits per heavy atom. The molecule has 1 aromatic carbocycles. The SMILES string of the molecule is Cc1cc([CH]CBr)cc(C)c1OCC(C)C. The van der Waals surface area contributed by atoms with E-state index in [0.717, 1.165) is 17.7 Å². The van der Waals surface area contributed by atoms with Gasteiger partial charge in [0.1, 0.15) is 5.75 Å². The van der Waals surface area contributed by atoms with Crippen molar-refractivity contribution in [2.45, 2.75) is 27.7 Å². The highest BCUT2D eigenvalue weighted by molar-refractivity contribution is 9.09. The normalized spacial score (nSPS) is 10.9. The summed E-state index contributed by atoms with van der Waals surface area (Å²) in [6.45, 7) is 9.32. The number of hydrogen-bond donors (Lipinski definition) is 0. The van der Waals surface area contributed by atoms with Crippen LogP contribution in [0.25, 0.3) is 0 Å². The summed E-state index contributed by atoms with van der Waals surface area (Å²) in [5, 5.41) is 0.887. The summed E-state index contributed by atoms with van der Waals surface area (Å²) in [6.07, 6.45) is 2.16. The third-order valence-corrected chi connectivity index (χ3v) is 2.68. The highest BCUT2D eigenvalue weighted by atomic mass is 79.9. The van der Waals surface area contributed by atoms with Gasteiger partial charge < -0.3 is 4.74 Å². The van der Waals surface area contributed by atoms with Gasteiger partial charge in [0.2, 0.25) is 0 Å². The summed E-state index contributed by atoms with van der Waals surface area (Å²) in [4.78, 5) is 0. The molecule has 0 aliphatic rings. The van der Waals surface area contributed by atoms with Crippen LogP contribution in [0.5, 0.6) is 5.75 Å². The minimum atomic E-state index is 0.563. The fraction of sp³-hybridized carbons (Fsp3) is 0.500. The molecule has 0 bridgehead atoms. The van der Waals surface area contributed by atoms with Crippen LogP contribution in [0.4, 0.5) is 0 Å². The zero-order valence-electron chi connectivity index (χ0n) is 10.5. The number of benzene rings is 1. The van der Waals surface area contributed by atoms with Crippen LogP contribution < -0.4 is 4.74 Å². The van der Waals surface area contributed by atoms with E-state index in [0.29, 0.717) is 5.92 Å². The van der Waals surface area contributed by atoms with Crippen LogP contribution in [0, 0.1) is 26.2 Å². The summed E-state index contributed by atoms with van der Waals surface area (Å²) in [6, 6.07) is 4.34. The van der Waals surface area contributed by atoms with Gasteiger partial charge in [-0.3, -0.25) is 0 Å². The number of alkyl halides is 1. The van der Waals surface area contributed by atoms with Gasteiger partial charge >= 0.3 is 0 Å². The summed E-state index contributed by atoms with van der Waals surface area (Å²) in [5.41, 5.74) is 3.68. The monoisotopic (exact) mass is 283 g/mol. The van der Waals surface area contributed by atoms with E-state index in [1.165, 1.54) is 16.7 Å². The summed E-state index contributed by atoms with van der Waals surface area (Å²) in [7, 11) is 0. The van der Waals surface area contributed by atoms with E-state index < -0.39 is 0 Å². The summed E-state index contributed by atoms with van der Waals surface area (Å²) < 4.78 is 5.84. The predicted octanol–water partition coefficient (Wildman–Crippen LogP) is 4.29. The molecule has 1 radical (unpaired) electrons.